The molecule has 1 heterocycles. The third-order valence-corrected chi connectivity index (χ3v) is 5.03. The molecule has 1 aliphatic heterocycles. The molecule has 0 radical (unpaired) electrons. The molecule has 7 nitrogen and oxygen atoms in total. The van der Waals surface area contributed by atoms with Gasteiger partial charge in [0, 0.05) is 11.3 Å². The van der Waals surface area contributed by atoms with Crippen LogP contribution in [0.5, 0.6) is 11.5 Å². The number of halogens is 1. The van der Waals surface area contributed by atoms with Crippen molar-refractivity contribution in [3.8, 4) is 11.5 Å². The minimum atomic E-state index is -0.440. The number of nitrogens with zero attached hydrogens (tertiary/aromatic N) is 1. The van der Waals surface area contributed by atoms with Gasteiger partial charge in [-0.25, -0.2) is 0 Å². The highest BCUT2D eigenvalue weighted by molar-refractivity contribution is 6.37. The molecule has 0 bridgehead atoms. The molecule has 0 unspecified atom stereocenters. The van der Waals surface area contributed by atoms with E-state index in [-0.39, 0.29) is 30.5 Å². The monoisotopic (exact) mass is 444 g/mol. The Labute approximate surface area is 186 Å². The minimum Gasteiger partial charge on any atom is -0.496 e. The van der Waals surface area contributed by atoms with Gasteiger partial charge in [-0.05, 0) is 38.1 Å². The smallest absolute Gasteiger partial charge is 0.278 e. The van der Waals surface area contributed by atoms with E-state index in [1.54, 1.807) is 42.5 Å². The van der Waals surface area contributed by atoms with Crippen LogP contribution in [0, 0.1) is 0 Å². The van der Waals surface area contributed by atoms with E-state index >= 15 is 0 Å². The molecule has 0 fully saturated rings. The lowest BCUT2D eigenvalue weighted by molar-refractivity contribution is -0.137. The van der Waals surface area contributed by atoms with E-state index in [2.05, 4.69) is 5.32 Å². The van der Waals surface area contributed by atoms with Gasteiger partial charge in [-0.1, -0.05) is 29.8 Å². The first-order valence-corrected chi connectivity index (χ1v) is 10.2. The molecule has 0 aliphatic carbocycles. The van der Waals surface area contributed by atoms with Crippen LogP contribution in [0.3, 0.4) is 0 Å². The molecule has 0 spiro atoms. The quantitative estimate of drug-likeness (QED) is 0.589. The van der Waals surface area contributed by atoms with Crippen molar-refractivity contribution < 1.29 is 23.8 Å². The van der Waals surface area contributed by atoms with Crippen molar-refractivity contribution in [3.05, 3.63) is 58.7 Å². The summed E-state index contributed by atoms with van der Waals surface area (Å²) in [7, 11) is 3.04. The second kappa shape index (κ2) is 9.85. The molecule has 2 aromatic rings. The number of anilines is 1. The standard InChI is InChI=1S/C23H25ClN2O5/c1-14(2)31-12-11-26-22(27)20(16-7-5-6-8-18(16)29-3)21(23(26)28)25-15-9-10-19(30-4)17(24)13-15/h5-10,13-14,25H,11-12H2,1-4H3. The van der Waals surface area contributed by atoms with Gasteiger partial charge in [-0.2, -0.15) is 0 Å². The molecule has 164 valence electrons. The normalized spacial score (nSPS) is 13.9. The van der Waals surface area contributed by atoms with Gasteiger partial charge < -0.3 is 19.5 Å². The molecule has 8 heteroatoms. The summed E-state index contributed by atoms with van der Waals surface area (Å²) in [6.07, 6.45) is -0.00603. The lowest BCUT2D eigenvalue weighted by Crippen LogP contribution is -2.35. The Kier molecular flexibility index (Phi) is 7.20. The maximum absolute atomic E-state index is 13.3. The summed E-state index contributed by atoms with van der Waals surface area (Å²) in [5.74, 6) is 0.146. The highest BCUT2D eigenvalue weighted by atomic mass is 35.5. The first-order chi connectivity index (χ1) is 14.9. The van der Waals surface area contributed by atoms with Crippen molar-refractivity contribution in [2.24, 2.45) is 0 Å². The number of nitrogens with one attached hydrogen (secondary N) is 1. The summed E-state index contributed by atoms with van der Waals surface area (Å²) in [6, 6.07) is 12.1. The SMILES string of the molecule is COc1ccc(NC2=C(c3ccccc3OC)C(=O)N(CCOC(C)C)C2=O)cc1Cl. The summed E-state index contributed by atoms with van der Waals surface area (Å²) >= 11 is 6.23. The lowest BCUT2D eigenvalue weighted by atomic mass is 10.0. The fourth-order valence-electron chi connectivity index (χ4n) is 3.26. The van der Waals surface area contributed by atoms with Crippen molar-refractivity contribution in [2.45, 2.75) is 20.0 Å². The summed E-state index contributed by atoms with van der Waals surface area (Å²) in [5, 5.41) is 3.45. The third-order valence-electron chi connectivity index (χ3n) is 4.73. The first kappa shape index (κ1) is 22.7. The van der Waals surface area contributed by atoms with Gasteiger partial charge in [-0.3, -0.25) is 14.5 Å². The van der Waals surface area contributed by atoms with Crippen LogP contribution >= 0.6 is 11.6 Å². The van der Waals surface area contributed by atoms with Crippen molar-refractivity contribution in [3.63, 3.8) is 0 Å². The number of ether oxygens (including phenoxy) is 3. The Morgan fingerprint density at radius 1 is 1.00 bits per heavy atom. The first-order valence-electron chi connectivity index (χ1n) is 9.83. The molecular weight excluding hydrogens is 420 g/mol. The largest absolute Gasteiger partial charge is 0.496 e. The Morgan fingerprint density at radius 2 is 1.71 bits per heavy atom. The number of carbonyl (C=O) groups excluding carboxylic acids is 2. The molecule has 1 aliphatic rings. The molecule has 0 saturated heterocycles. The number of hydrogen-bond acceptors (Lipinski definition) is 6. The summed E-state index contributed by atoms with van der Waals surface area (Å²) < 4.78 is 16.1. The number of rotatable bonds is 9. The van der Waals surface area contributed by atoms with Crippen molar-refractivity contribution in [1.29, 1.82) is 0 Å². The highest BCUT2D eigenvalue weighted by Crippen LogP contribution is 2.36. The van der Waals surface area contributed by atoms with Gasteiger partial charge >= 0.3 is 0 Å². The van der Waals surface area contributed by atoms with E-state index in [9.17, 15) is 9.59 Å². The van der Waals surface area contributed by atoms with Crippen LogP contribution in [0.4, 0.5) is 5.69 Å². The number of para-hydroxylation sites is 1. The average molecular weight is 445 g/mol. The number of amides is 2. The molecule has 31 heavy (non-hydrogen) atoms. The van der Waals surface area contributed by atoms with Crippen LogP contribution in [-0.4, -0.2) is 50.2 Å². The lowest BCUT2D eigenvalue weighted by Gasteiger charge is -2.16. The van der Waals surface area contributed by atoms with Crippen LogP contribution < -0.4 is 14.8 Å². The van der Waals surface area contributed by atoms with Gasteiger partial charge in [-0.15, -0.1) is 0 Å². The van der Waals surface area contributed by atoms with Gasteiger partial charge in [0.1, 0.15) is 17.2 Å². The predicted molar refractivity (Wildman–Crippen MR) is 119 cm³/mol. The molecule has 1 N–H and O–H groups in total. The predicted octanol–water partition coefficient (Wildman–Crippen LogP) is 3.97. The molecule has 0 aromatic heterocycles. The van der Waals surface area contributed by atoms with Crippen LogP contribution in [0.25, 0.3) is 5.57 Å². The number of methoxy groups -OCH3 is 2. The zero-order valence-electron chi connectivity index (χ0n) is 17.9. The Morgan fingerprint density at radius 3 is 2.35 bits per heavy atom. The summed E-state index contributed by atoms with van der Waals surface area (Å²) in [6.45, 7) is 4.18. The van der Waals surface area contributed by atoms with Crippen molar-refractivity contribution in [1.82, 2.24) is 4.90 Å². The molecule has 2 amide bonds. The Balaban J connectivity index is 2.02. The van der Waals surface area contributed by atoms with Crippen LogP contribution in [0.1, 0.15) is 19.4 Å². The summed E-state index contributed by atoms with van der Waals surface area (Å²) in [4.78, 5) is 27.7. The van der Waals surface area contributed by atoms with Crippen molar-refractivity contribution in [2.75, 3.05) is 32.7 Å². The molecule has 2 aromatic carbocycles. The van der Waals surface area contributed by atoms with Crippen LogP contribution in [-0.2, 0) is 14.3 Å². The number of hydrogen-bond donors (Lipinski definition) is 1. The minimum absolute atomic E-state index is 0.00603. The zero-order valence-corrected chi connectivity index (χ0v) is 18.7. The van der Waals surface area contributed by atoms with E-state index in [1.165, 1.54) is 19.1 Å². The van der Waals surface area contributed by atoms with Gasteiger partial charge in [0.25, 0.3) is 11.8 Å². The maximum Gasteiger partial charge on any atom is 0.278 e. The Bertz CT molecular complexity index is 1020. The maximum atomic E-state index is 13.3. The highest BCUT2D eigenvalue weighted by Gasteiger charge is 2.40. The van der Waals surface area contributed by atoms with Crippen LogP contribution in [0.15, 0.2) is 48.2 Å². The van der Waals surface area contributed by atoms with E-state index < -0.39 is 11.8 Å². The molecule has 3 rings (SSSR count). The Hall–Kier alpha value is -3.03. The second-order valence-corrected chi connectivity index (χ2v) is 7.51. The fourth-order valence-corrected chi connectivity index (χ4v) is 3.52. The van der Waals surface area contributed by atoms with E-state index in [1.807, 2.05) is 13.8 Å². The molecule has 0 saturated carbocycles. The van der Waals surface area contributed by atoms with E-state index in [0.29, 0.717) is 27.8 Å². The van der Waals surface area contributed by atoms with E-state index in [0.717, 1.165) is 0 Å². The average Bonchev–Trinajstić information content (AvgIpc) is 2.97. The topological polar surface area (TPSA) is 77.1 Å². The van der Waals surface area contributed by atoms with Gasteiger partial charge in [0.15, 0.2) is 0 Å². The number of benzene rings is 2. The zero-order chi connectivity index (χ0) is 22.5. The van der Waals surface area contributed by atoms with E-state index in [4.69, 9.17) is 25.8 Å². The third kappa shape index (κ3) is 4.84. The fraction of sp³-hybridized carbons (Fsp3) is 0.304. The van der Waals surface area contributed by atoms with Gasteiger partial charge in [0.05, 0.1) is 44.1 Å². The number of imide groups is 1. The van der Waals surface area contributed by atoms with Gasteiger partial charge in [0.2, 0.25) is 0 Å². The summed E-state index contributed by atoms with van der Waals surface area (Å²) in [5.41, 5.74) is 1.46. The second-order valence-electron chi connectivity index (χ2n) is 7.11. The molecule has 0 atom stereocenters. The number of carbonyl (C=O) groups is 2. The van der Waals surface area contributed by atoms with Crippen LogP contribution in [0.2, 0.25) is 5.02 Å². The molecular formula is C23H25ClN2O5. The van der Waals surface area contributed by atoms with Crippen molar-refractivity contribution >= 4 is 34.7 Å².